The number of nitrogens with one attached hydrogen (secondary N) is 2. The topological polar surface area (TPSA) is 95.1 Å². The molecule has 0 saturated carbocycles. The van der Waals surface area contributed by atoms with E-state index in [1.54, 1.807) is 52.7 Å². The summed E-state index contributed by atoms with van der Waals surface area (Å²) in [5.41, 5.74) is 4.34. The first-order valence-electron chi connectivity index (χ1n) is 12.1. The van der Waals surface area contributed by atoms with E-state index in [0.717, 1.165) is 22.3 Å². The second-order valence-corrected chi connectivity index (χ2v) is 9.33. The summed E-state index contributed by atoms with van der Waals surface area (Å²) in [5, 5.41) is 6.73. The minimum atomic E-state index is -0.370. The van der Waals surface area contributed by atoms with E-state index in [1.165, 1.54) is 6.92 Å². The number of aryl methyl sites for hydroxylation is 1. The van der Waals surface area contributed by atoms with Crippen LogP contribution in [0.25, 0.3) is 11.1 Å². The number of benzene rings is 2. The molecule has 0 bridgehead atoms. The molecule has 38 heavy (non-hydrogen) atoms. The van der Waals surface area contributed by atoms with E-state index in [4.69, 9.17) is 30.5 Å². The monoisotopic (exact) mass is 538 g/mol. The smallest absolute Gasteiger partial charge is 0.217 e. The predicted molar refractivity (Wildman–Crippen MR) is 148 cm³/mol. The molecule has 1 atom stereocenters. The van der Waals surface area contributed by atoms with Crippen LogP contribution in [0.2, 0.25) is 5.02 Å². The van der Waals surface area contributed by atoms with Crippen LogP contribution in [-0.4, -0.2) is 34.3 Å². The molecule has 0 aliphatic heterocycles. The van der Waals surface area contributed by atoms with Crippen LogP contribution in [0.5, 0.6) is 23.0 Å². The van der Waals surface area contributed by atoms with Crippen molar-refractivity contribution in [3.63, 3.8) is 0 Å². The van der Waals surface area contributed by atoms with Crippen LogP contribution in [0.1, 0.15) is 36.1 Å². The molecule has 3 aromatic rings. The summed E-state index contributed by atoms with van der Waals surface area (Å²) in [7, 11) is 6.26. The summed E-state index contributed by atoms with van der Waals surface area (Å²) >= 11 is 6.27. The molecule has 3 aromatic carbocycles. The van der Waals surface area contributed by atoms with E-state index in [0.29, 0.717) is 58.7 Å². The summed E-state index contributed by atoms with van der Waals surface area (Å²) in [4.78, 5) is 25.5. The Morgan fingerprint density at radius 3 is 2.32 bits per heavy atom. The molecule has 0 fully saturated rings. The fraction of sp³-hybridized carbons (Fsp3) is 0.310. The second-order valence-electron chi connectivity index (χ2n) is 8.92. The molecule has 8 nitrogen and oxygen atoms in total. The normalized spacial score (nSPS) is 13.9. The Bertz CT molecular complexity index is 1430. The van der Waals surface area contributed by atoms with E-state index in [9.17, 15) is 9.59 Å². The van der Waals surface area contributed by atoms with Gasteiger partial charge in [0.15, 0.2) is 11.5 Å². The Kier molecular flexibility index (Phi) is 8.32. The number of anilines is 1. The lowest BCUT2D eigenvalue weighted by atomic mass is 9.95. The third-order valence-corrected chi connectivity index (χ3v) is 6.91. The highest BCUT2D eigenvalue weighted by molar-refractivity contribution is 6.32. The number of carbonyl (C=O) groups is 1. The zero-order chi connectivity index (χ0) is 27.4. The van der Waals surface area contributed by atoms with Crippen molar-refractivity contribution in [1.29, 1.82) is 0 Å². The van der Waals surface area contributed by atoms with E-state index >= 15 is 0 Å². The highest BCUT2D eigenvalue weighted by Crippen LogP contribution is 2.50. The van der Waals surface area contributed by atoms with Crippen LogP contribution in [0.3, 0.4) is 0 Å². The molecule has 1 aliphatic rings. The van der Waals surface area contributed by atoms with E-state index in [1.807, 2.05) is 18.2 Å². The molecule has 0 spiro atoms. The molecule has 9 heteroatoms. The van der Waals surface area contributed by atoms with Gasteiger partial charge in [-0.15, -0.1) is 0 Å². The first-order chi connectivity index (χ1) is 18.3. The van der Waals surface area contributed by atoms with Crippen molar-refractivity contribution >= 4 is 23.2 Å². The number of halogens is 1. The van der Waals surface area contributed by atoms with Gasteiger partial charge in [0.2, 0.25) is 17.1 Å². The van der Waals surface area contributed by atoms with Gasteiger partial charge in [-0.2, -0.15) is 0 Å². The number of rotatable bonds is 8. The molecule has 1 amide bonds. The maximum absolute atomic E-state index is 13.4. The van der Waals surface area contributed by atoms with Crippen molar-refractivity contribution in [3.8, 4) is 34.1 Å². The number of amides is 1. The van der Waals surface area contributed by atoms with Crippen LogP contribution < -0.4 is 35.0 Å². The molecule has 1 aliphatic carbocycles. The van der Waals surface area contributed by atoms with Gasteiger partial charge in [0.1, 0.15) is 5.75 Å². The predicted octanol–water partition coefficient (Wildman–Crippen LogP) is 5.14. The molecule has 0 aromatic heterocycles. The Hall–Kier alpha value is -3.91. The molecule has 1 unspecified atom stereocenters. The van der Waals surface area contributed by atoms with Crippen molar-refractivity contribution < 1.29 is 23.7 Å². The molecule has 0 saturated heterocycles. The Morgan fingerprint density at radius 2 is 1.68 bits per heavy atom. The molecule has 0 radical (unpaired) electrons. The van der Waals surface area contributed by atoms with Gasteiger partial charge in [0, 0.05) is 19.0 Å². The quantitative estimate of drug-likeness (QED) is 0.410. The van der Waals surface area contributed by atoms with Crippen LogP contribution in [0, 0.1) is 0 Å². The Labute approximate surface area is 226 Å². The van der Waals surface area contributed by atoms with Crippen LogP contribution in [0.15, 0.2) is 47.3 Å². The first kappa shape index (κ1) is 27.1. The van der Waals surface area contributed by atoms with Gasteiger partial charge >= 0.3 is 0 Å². The van der Waals surface area contributed by atoms with Crippen molar-refractivity contribution in [2.75, 3.05) is 33.8 Å². The number of methoxy groups -OCH3 is 4. The van der Waals surface area contributed by atoms with Gasteiger partial charge in [-0.1, -0.05) is 23.7 Å². The standard InChI is InChI=1S/C29H31ClN2O6/c1-16(33)32-22-9-7-18-13-26(36-3)28(37-4)29(38-5)27(18)19-8-10-23(24(34)14-20(19)22)31-15-17-6-11-25(35-2)21(30)12-17/h6,8,10-14,22H,7,9,15H2,1-5H3,(H,31,34)(H,32,33). The number of fused-ring (bicyclic) bond motifs is 3. The second kappa shape index (κ2) is 11.6. The molecular weight excluding hydrogens is 508 g/mol. The van der Waals surface area contributed by atoms with Gasteiger partial charge in [0.25, 0.3) is 0 Å². The largest absolute Gasteiger partial charge is 0.495 e. The fourth-order valence-electron chi connectivity index (χ4n) is 4.87. The number of ether oxygens (including phenoxy) is 4. The summed E-state index contributed by atoms with van der Waals surface area (Å²) in [6.45, 7) is 1.85. The lowest BCUT2D eigenvalue weighted by molar-refractivity contribution is -0.119. The fourth-order valence-corrected chi connectivity index (χ4v) is 5.15. The minimum absolute atomic E-state index is 0.178. The summed E-state index contributed by atoms with van der Waals surface area (Å²) in [5.74, 6) is 1.92. The van der Waals surface area contributed by atoms with Crippen molar-refractivity contribution in [2.45, 2.75) is 32.4 Å². The highest BCUT2D eigenvalue weighted by atomic mass is 35.5. The highest BCUT2D eigenvalue weighted by Gasteiger charge is 2.29. The number of hydrogen-bond acceptors (Lipinski definition) is 7. The Balaban J connectivity index is 1.85. The minimum Gasteiger partial charge on any atom is -0.495 e. The van der Waals surface area contributed by atoms with Gasteiger partial charge in [0.05, 0.1) is 45.2 Å². The maximum atomic E-state index is 13.4. The van der Waals surface area contributed by atoms with Gasteiger partial charge in [-0.05, 0) is 65.4 Å². The van der Waals surface area contributed by atoms with Crippen molar-refractivity contribution in [3.05, 3.63) is 74.4 Å². The summed E-state index contributed by atoms with van der Waals surface area (Å²) in [6.07, 6.45) is 1.22. The van der Waals surface area contributed by atoms with E-state index in [2.05, 4.69) is 10.6 Å². The maximum Gasteiger partial charge on any atom is 0.217 e. The average molecular weight is 539 g/mol. The lowest BCUT2D eigenvalue weighted by Gasteiger charge is -2.19. The summed E-state index contributed by atoms with van der Waals surface area (Å²) < 4.78 is 22.3. The molecule has 4 rings (SSSR count). The Morgan fingerprint density at radius 1 is 0.947 bits per heavy atom. The van der Waals surface area contributed by atoms with Crippen molar-refractivity contribution in [2.24, 2.45) is 0 Å². The average Bonchev–Trinajstić information content (AvgIpc) is 3.14. The zero-order valence-electron chi connectivity index (χ0n) is 22.1. The van der Waals surface area contributed by atoms with Gasteiger partial charge in [-0.25, -0.2) is 0 Å². The number of hydrogen-bond donors (Lipinski definition) is 2. The number of carbonyl (C=O) groups excluding carboxylic acids is 1. The van der Waals surface area contributed by atoms with Gasteiger partial charge in [-0.3, -0.25) is 9.59 Å². The van der Waals surface area contributed by atoms with Crippen LogP contribution in [0.4, 0.5) is 5.69 Å². The zero-order valence-corrected chi connectivity index (χ0v) is 22.8. The van der Waals surface area contributed by atoms with E-state index < -0.39 is 0 Å². The van der Waals surface area contributed by atoms with E-state index in [-0.39, 0.29) is 17.4 Å². The third kappa shape index (κ3) is 5.36. The lowest BCUT2D eigenvalue weighted by Crippen LogP contribution is -2.26. The summed E-state index contributed by atoms with van der Waals surface area (Å²) in [6, 6.07) is 12.2. The molecular formula is C29H31ClN2O6. The van der Waals surface area contributed by atoms with Crippen LogP contribution in [-0.2, 0) is 17.8 Å². The van der Waals surface area contributed by atoms with Crippen molar-refractivity contribution in [1.82, 2.24) is 5.32 Å². The third-order valence-electron chi connectivity index (χ3n) is 6.62. The SMILES string of the molecule is COc1ccc(CNc2ccc3c(cc2=O)C(NC(C)=O)CCc2cc(OC)c(OC)c(OC)c2-3)cc1Cl. The van der Waals surface area contributed by atoms with Gasteiger partial charge < -0.3 is 29.6 Å². The van der Waals surface area contributed by atoms with Crippen LogP contribution >= 0.6 is 11.6 Å². The molecule has 200 valence electrons. The molecule has 0 heterocycles. The molecule has 2 N–H and O–H groups in total. The first-order valence-corrected chi connectivity index (χ1v) is 12.5.